The number of carbonyl (C=O) groups is 1. The lowest BCUT2D eigenvalue weighted by atomic mass is 10.0. The Balaban J connectivity index is 2.01. The first-order chi connectivity index (χ1) is 11.8. The van der Waals surface area contributed by atoms with E-state index in [2.05, 4.69) is 5.16 Å². The van der Waals surface area contributed by atoms with Gasteiger partial charge < -0.3 is 4.52 Å². The van der Waals surface area contributed by atoms with Gasteiger partial charge in [-0.3, -0.25) is 4.79 Å². The second-order valence-electron chi connectivity index (χ2n) is 6.25. The molecule has 1 aromatic carbocycles. The quantitative estimate of drug-likeness (QED) is 0.484. The van der Waals surface area contributed by atoms with E-state index in [1.54, 1.807) is 0 Å². The predicted molar refractivity (Wildman–Crippen MR) is 89.0 cm³/mol. The Morgan fingerprint density at radius 2 is 2.08 bits per heavy atom. The molecule has 3 rings (SSSR count). The van der Waals surface area contributed by atoms with Crippen molar-refractivity contribution in [3.63, 3.8) is 0 Å². The van der Waals surface area contributed by atoms with Crippen LogP contribution in [-0.4, -0.2) is 16.2 Å². The summed E-state index contributed by atoms with van der Waals surface area (Å²) in [4.78, 5) is 13.3. The summed E-state index contributed by atoms with van der Waals surface area (Å²) in [5, 5.41) is 3.81. The van der Waals surface area contributed by atoms with Crippen molar-refractivity contribution >= 4 is 17.5 Å². The van der Waals surface area contributed by atoms with Gasteiger partial charge in [0.05, 0.1) is 17.3 Å². The highest BCUT2D eigenvalue weighted by molar-refractivity contribution is 8.00. The highest BCUT2D eigenvalue weighted by atomic mass is 32.2. The predicted octanol–water partition coefficient (Wildman–Crippen LogP) is 5.69. The monoisotopic (exact) mass is 369 g/mol. The Bertz CT molecular complexity index is 781. The third-order valence-electron chi connectivity index (χ3n) is 4.25. The fourth-order valence-corrected chi connectivity index (χ4v) is 3.57. The van der Waals surface area contributed by atoms with E-state index >= 15 is 0 Å². The van der Waals surface area contributed by atoms with E-state index < -0.39 is 11.7 Å². The topological polar surface area (TPSA) is 43.1 Å². The number of thioether (sulfide) groups is 1. The minimum atomic E-state index is -4.44. The molecule has 2 aromatic rings. The molecule has 1 unspecified atom stereocenters. The maximum atomic E-state index is 13.1. The second-order valence-corrected chi connectivity index (χ2v) is 7.73. The number of carbonyl (C=O) groups excluding carboxylic acids is 1. The SMILES string of the molecule is CCC(C)Sc1cc(C(F)(F)F)ccc1C(=O)c1cnoc1C1CC1. The summed E-state index contributed by atoms with van der Waals surface area (Å²) < 4.78 is 44.4. The van der Waals surface area contributed by atoms with Crippen LogP contribution in [0.3, 0.4) is 0 Å². The normalized spacial score (nSPS) is 16.0. The van der Waals surface area contributed by atoms with Crippen molar-refractivity contribution in [2.45, 2.75) is 55.3 Å². The molecule has 0 radical (unpaired) electrons. The third-order valence-corrected chi connectivity index (χ3v) is 5.58. The van der Waals surface area contributed by atoms with Gasteiger partial charge in [-0.1, -0.05) is 19.0 Å². The molecule has 0 spiro atoms. The van der Waals surface area contributed by atoms with Gasteiger partial charge in [0.15, 0.2) is 11.5 Å². The molecule has 3 nitrogen and oxygen atoms in total. The van der Waals surface area contributed by atoms with Crippen molar-refractivity contribution in [1.82, 2.24) is 5.16 Å². The van der Waals surface area contributed by atoms with Crippen molar-refractivity contribution in [2.24, 2.45) is 0 Å². The maximum absolute atomic E-state index is 13.1. The second kappa shape index (κ2) is 6.86. The fourth-order valence-electron chi connectivity index (χ4n) is 2.49. The van der Waals surface area contributed by atoms with E-state index in [9.17, 15) is 18.0 Å². The standard InChI is InChI=1S/C18H18F3NO2S/c1-3-10(2)25-15-8-12(18(19,20)21)6-7-13(15)16(23)14-9-22-24-17(14)11-4-5-11/h6-11H,3-5H2,1-2H3. The molecule has 1 fully saturated rings. The average Bonchev–Trinajstić information content (AvgIpc) is 3.30. The van der Waals surface area contributed by atoms with Gasteiger partial charge in [-0.05, 0) is 37.5 Å². The summed E-state index contributed by atoms with van der Waals surface area (Å²) in [6.07, 6.45) is -0.406. The van der Waals surface area contributed by atoms with Crippen molar-refractivity contribution < 1.29 is 22.5 Å². The third kappa shape index (κ3) is 3.92. The van der Waals surface area contributed by atoms with E-state index in [1.165, 1.54) is 24.0 Å². The largest absolute Gasteiger partial charge is 0.416 e. The van der Waals surface area contributed by atoms with Crippen LogP contribution in [0.1, 0.15) is 66.3 Å². The van der Waals surface area contributed by atoms with Crippen LogP contribution in [0.2, 0.25) is 0 Å². The van der Waals surface area contributed by atoms with E-state index in [-0.39, 0.29) is 22.5 Å². The van der Waals surface area contributed by atoms with Crippen molar-refractivity contribution in [2.75, 3.05) is 0 Å². The van der Waals surface area contributed by atoms with Crippen LogP contribution < -0.4 is 0 Å². The number of nitrogens with zero attached hydrogens (tertiary/aromatic N) is 1. The molecular weight excluding hydrogens is 351 g/mol. The average molecular weight is 369 g/mol. The molecule has 25 heavy (non-hydrogen) atoms. The van der Waals surface area contributed by atoms with Gasteiger partial charge in [-0.2, -0.15) is 13.2 Å². The van der Waals surface area contributed by atoms with E-state index in [1.807, 2.05) is 13.8 Å². The molecule has 1 aromatic heterocycles. The maximum Gasteiger partial charge on any atom is 0.416 e. The van der Waals surface area contributed by atoms with Gasteiger partial charge in [0.1, 0.15) is 0 Å². The van der Waals surface area contributed by atoms with Crippen molar-refractivity contribution in [3.05, 3.63) is 46.8 Å². The number of hydrogen-bond acceptors (Lipinski definition) is 4. The summed E-state index contributed by atoms with van der Waals surface area (Å²) in [5.41, 5.74) is -0.126. The summed E-state index contributed by atoms with van der Waals surface area (Å²) in [6, 6.07) is 3.28. The van der Waals surface area contributed by atoms with Gasteiger partial charge in [0.25, 0.3) is 0 Å². The molecule has 7 heteroatoms. The lowest BCUT2D eigenvalue weighted by molar-refractivity contribution is -0.137. The van der Waals surface area contributed by atoms with Gasteiger partial charge >= 0.3 is 6.18 Å². The van der Waals surface area contributed by atoms with E-state index in [4.69, 9.17) is 4.52 Å². The number of halogens is 3. The van der Waals surface area contributed by atoms with Gasteiger partial charge in [0.2, 0.25) is 0 Å². The first kappa shape index (κ1) is 18.0. The van der Waals surface area contributed by atoms with Crippen LogP contribution in [0.15, 0.2) is 33.8 Å². The number of ketones is 1. The molecule has 1 atom stereocenters. The highest BCUT2D eigenvalue weighted by Crippen LogP contribution is 2.43. The molecule has 1 aliphatic rings. The number of rotatable bonds is 6. The van der Waals surface area contributed by atoms with Crippen LogP contribution in [0.4, 0.5) is 13.2 Å². The Kier molecular flexibility index (Phi) is 4.95. The Morgan fingerprint density at radius 1 is 1.36 bits per heavy atom. The number of alkyl halides is 3. The molecule has 1 heterocycles. The van der Waals surface area contributed by atoms with Crippen LogP contribution in [0.5, 0.6) is 0 Å². The van der Waals surface area contributed by atoms with Crippen LogP contribution in [-0.2, 0) is 6.18 Å². The minimum Gasteiger partial charge on any atom is -0.360 e. The molecule has 0 bridgehead atoms. The summed E-state index contributed by atoms with van der Waals surface area (Å²) in [7, 11) is 0. The zero-order chi connectivity index (χ0) is 18.2. The first-order valence-electron chi connectivity index (χ1n) is 8.18. The number of hydrogen-bond donors (Lipinski definition) is 0. The molecule has 0 amide bonds. The smallest absolute Gasteiger partial charge is 0.360 e. The van der Waals surface area contributed by atoms with Gasteiger partial charge in [-0.15, -0.1) is 11.8 Å². The fraction of sp³-hybridized carbons (Fsp3) is 0.444. The van der Waals surface area contributed by atoms with Gasteiger partial charge in [0, 0.05) is 21.6 Å². The zero-order valence-electron chi connectivity index (χ0n) is 13.9. The Labute approximate surface area is 148 Å². The highest BCUT2D eigenvalue weighted by Gasteiger charge is 2.35. The number of benzene rings is 1. The molecule has 1 aliphatic carbocycles. The van der Waals surface area contributed by atoms with Crippen LogP contribution in [0.25, 0.3) is 0 Å². The lowest BCUT2D eigenvalue weighted by Gasteiger charge is -2.15. The molecule has 134 valence electrons. The van der Waals surface area contributed by atoms with E-state index in [0.29, 0.717) is 16.2 Å². The number of aromatic nitrogens is 1. The van der Waals surface area contributed by atoms with Crippen molar-refractivity contribution in [1.29, 1.82) is 0 Å². The molecule has 0 aliphatic heterocycles. The summed E-state index contributed by atoms with van der Waals surface area (Å²) in [5.74, 6) is 0.411. The molecule has 1 saturated carbocycles. The first-order valence-corrected chi connectivity index (χ1v) is 9.06. The lowest BCUT2D eigenvalue weighted by Crippen LogP contribution is -2.10. The minimum absolute atomic E-state index is 0.0976. The molecule has 0 N–H and O–H groups in total. The van der Waals surface area contributed by atoms with Crippen LogP contribution in [0, 0.1) is 0 Å². The molecule has 0 saturated heterocycles. The summed E-state index contributed by atoms with van der Waals surface area (Å²) >= 11 is 1.28. The zero-order valence-corrected chi connectivity index (χ0v) is 14.7. The van der Waals surface area contributed by atoms with Crippen molar-refractivity contribution in [3.8, 4) is 0 Å². The Morgan fingerprint density at radius 3 is 2.68 bits per heavy atom. The van der Waals surface area contributed by atoms with Gasteiger partial charge in [-0.25, -0.2) is 0 Å². The van der Waals surface area contributed by atoms with Crippen LogP contribution >= 0.6 is 11.8 Å². The summed E-state index contributed by atoms with van der Waals surface area (Å²) in [6.45, 7) is 3.88. The Hall–Kier alpha value is -1.76. The van der Waals surface area contributed by atoms with E-state index in [0.717, 1.165) is 31.4 Å². The molecular formula is C18H18F3NO2S.